The molecule has 1 aromatic carbocycles. The van der Waals surface area contributed by atoms with Gasteiger partial charge >= 0.3 is 0 Å². The minimum Gasteiger partial charge on any atom is -0.196 e. The van der Waals surface area contributed by atoms with Crippen molar-refractivity contribution in [1.29, 1.82) is 10.5 Å². The van der Waals surface area contributed by atoms with Crippen molar-refractivity contribution in [2.75, 3.05) is 0 Å². The van der Waals surface area contributed by atoms with Gasteiger partial charge in [0.25, 0.3) is 0 Å². The van der Waals surface area contributed by atoms with Gasteiger partial charge in [0.2, 0.25) is 0 Å². The molecular formula is C17H12N2S4. The van der Waals surface area contributed by atoms with Gasteiger partial charge < -0.3 is 0 Å². The first-order valence-corrected chi connectivity index (χ1v) is 10.2. The summed E-state index contributed by atoms with van der Waals surface area (Å²) >= 11 is 7.28. The van der Waals surface area contributed by atoms with Crippen molar-refractivity contribution in [3.8, 4) is 12.1 Å². The van der Waals surface area contributed by atoms with Crippen molar-refractivity contribution in [1.82, 2.24) is 0 Å². The molecule has 0 aliphatic carbocycles. The maximum Gasteiger partial charge on any atom is 0.158 e. The SMILES string of the molecule is CC1=C(C)SC(=C2SC=C(c3ccc(C(C#N)C#N)cc3)S2)S1. The van der Waals surface area contributed by atoms with Gasteiger partial charge in [-0.15, -0.1) is 0 Å². The van der Waals surface area contributed by atoms with E-state index in [-0.39, 0.29) is 0 Å². The quantitative estimate of drug-likeness (QED) is 0.594. The molecule has 0 atom stereocenters. The summed E-state index contributed by atoms with van der Waals surface area (Å²) in [5.41, 5.74) is 1.89. The van der Waals surface area contributed by atoms with Gasteiger partial charge in [-0.3, -0.25) is 0 Å². The Morgan fingerprint density at radius 2 is 1.48 bits per heavy atom. The van der Waals surface area contributed by atoms with Crippen LogP contribution in [-0.2, 0) is 0 Å². The molecule has 0 unspecified atom stereocenters. The van der Waals surface area contributed by atoms with Gasteiger partial charge in [-0.25, -0.2) is 0 Å². The predicted octanol–water partition coefficient (Wildman–Crippen LogP) is 6.45. The molecule has 0 radical (unpaired) electrons. The zero-order chi connectivity index (χ0) is 16.4. The lowest BCUT2D eigenvalue weighted by atomic mass is 10.0. The molecule has 0 fully saturated rings. The number of hydrogen-bond donors (Lipinski definition) is 0. The molecule has 0 saturated carbocycles. The van der Waals surface area contributed by atoms with Gasteiger partial charge in [0.1, 0.15) is 0 Å². The maximum atomic E-state index is 8.95. The number of nitrogens with zero attached hydrogens (tertiary/aromatic N) is 2. The second kappa shape index (κ2) is 7.15. The van der Waals surface area contributed by atoms with E-state index in [2.05, 4.69) is 19.3 Å². The first-order valence-electron chi connectivity index (χ1n) is 6.84. The van der Waals surface area contributed by atoms with Crippen LogP contribution in [0.3, 0.4) is 0 Å². The number of hydrogen-bond acceptors (Lipinski definition) is 6. The second-order valence-corrected chi connectivity index (χ2v) is 9.80. The summed E-state index contributed by atoms with van der Waals surface area (Å²) in [6, 6.07) is 11.7. The lowest BCUT2D eigenvalue weighted by Gasteiger charge is -2.05. The Hall–Kier alpha value is -1.18. The van der Waals surface area contributed by atoms with Gasteiger partial charge in [-0.05, 0) is 40.2 Å². The Bertz CT molecular complexity index is 790. The van der Waals surface area contributed by atoms with Crippen LogP contribution in [0, 0.1) is 22.7 Å². The van der Waals surface area contributed by atoms with E-state index >= 15 is 0 Å². The zero-order valence-corrected chi connectivity index (χ0v) is 15.8. The molecule has 2 heterocycles. The van der Waals surface area contributed by atoms with Crippen LogP contribution in [0.15, 0.2) is 48.0 Å². The normalized spacial score (nSPS) is 17.5. The lowest BCUT2D eigenvalue weighted by molar-refractivity contribution is 1.10. The van der Waals surface area contributed by atoms with Crippen molar-refractivity contribution in [3.63, 3.8) is 0 Å². The molecule has 1 aromatic rings. The lowest BCUT2D eigenvalue weighted by Crippen LogP contribution is -1.91. The molecule has 0 saturated heterocycles. The fourth-order valence-electron chi connectivity index (χ4n) is 2.02. The Kier molecular flexibility index (Phi) is 5.18. The Labute approximate surface area is 153 Å². The molecule has 0 N–H and O–H groups in total. The predicted molar refractivity (Wildman–Crippen MR) is 104 cm³/mol. The van der Waals surface area contributed by atoms with E-state index in [1.54, 1.807) is 23.5 Å². The highest BCUT2D eigenvalue weighted by molar-refractivity contribution is 8.35. The van der Waals surface area contributed by atoms with E-state index in [9.17, 15) is 0 Å². The molecule has 3 rings (SSSR count). The molecule has 2 aliphatic rings. The summed E-state index contributed by atoms with van der Waals surface area (Å²) in [6.07, 6.45) is 0. The van der Waals surface area contributed by atoms with E-state index in [0.29, 0.717) is 0 Å². The van der Waals surface area contributed by atoms with E-state index in [1.807, 2.05) is 59.9 Å². The molecule has 0 spiro atoms. The van der Waals surface area contributed by atoms with E-state index in [0.717, 1.165) is 11.1 Å². The number of allylic oxidation sites excluding steroid dienone is 2. The minimum atomic E-state index is -0.690. The fraction of sp³-hybridized carbons (Fsp3) is 0.176. The smallest absolute Gasteiger partial charge is 0.158 e. The van der Waals surface area contributed by atoms with Crippen LogP contribution in [0.25, 0.3) is 4.91 Å². The molecule has 114 valence electrons. The first kappa shape index (κ1) is 16.7. The third kappa shape index (κ3) is 3.51. The monoisotopic (exact) mass is 372 g/mol. The number of thioether (sulfide) groups is 4. The summed E-state index contributed by atoms with van der Waals surface area (Å²) in [4.78, 5) is 3.99. The fourth-order valence-corrected chi connectivity index (χ4v) is 7.16. The van der Waals surface area contributed by atoms with Crippen LogP contribution in [0.2, 0.25) is 0 Å². The molecule has 2 nitrogen and oxygen atoms in total. The summed E-state index contributed by atoms with van der Waals surface area (Å²) in [5.74, 6) is -0.690. The second-order valence-electron chi connectivity index (χ2n) is 4.91. The highest BCUT2D eigenvalue weighted by Gasteiger charge is 2.23. The molecule has 2 aliphatic heterocycles. The van der Waals surface area contributed by atoms with E-state index in [4.69, 9.17) is 10.5 Å². The summed E-state index contributed by atoms with van der Waals surface area (Å²) in [5, 5.41) is 20.1. The number of benzene rings is 1. The van der Waals surface area contributed by atoms with Crippen molar-refractivity contribution >= 4 is 52.0 Å². The third-order valence-corrected chi connectivity index (χ3v) is 8.99. The topological polar surface area (TPSA) is 47.6 Å². The molecule has 0 amide bonds. The maximum absolute atomic E-state index is 8.95. The van der Waals surface area contributed by atoms with Crippen molar-refractivity contribution < 1.29 is 0 Å². The van der Waals surface area contributed by atoms with Crippen LogP contribution in [0.5, 0.6) is 0 Å². The average molecular weight is 373 g/mol. The molecule has 23 heavy (non-hydrogen) atoms. The zero-order valence-electron chi connectivity index (χ0n) is 12.5. The highest BCUT2D eigenvalue weighted by Crippen LogP contribution is 2.59. The van der Waals surface area contributed by atoms with Gasteiger partial charge in [-0.2, -0.15) is 10.5 Å². The van der Waals surface area contributed by atoms with Crippen LogP contribution in [0.1, 0.15) is 30.9 Å². The van der Waals surface area contributed by atoms with E-state index < -0.39 is 5.92 Å². The molecular weight excluding hydrogens is 360 g/mol. The average Bonchev–Trinajstić information content (AvgIpc) is 3.17. The van der Waals surface area contributed by atoms with Gasteiger partial charge in [0.05, 0.1) is 20.6 Å². The largest absolute Gasteiger partial charge is 0.196 e. The number of nitriles is 2. The van der Waals surface area contributed by atoms with Gasteiger partial charge in [0.15, 0.2) is 5.92 Å². The highest BCUT2D eigenvalue weighted by atomic mass is 32.2. The minimum absolute atomic E-state index is 0.690. The van der Waals surface area contributed by atoms with Crippen LogP contribution < -0.4 is 0 Å². The first-order chi connectivity index (χ1) is 11.1. The summed E-state index contributed by atoms with van der Waals surface area (Å²) < 4.78 is 2.70. The van der Waals surface area contributed by atoms with E-state index in [1.165, 1.54) is 23.2 Å². The summed E-state index contributed by atoms with van der Waals surface area (Å²) in [6.45, 7) is 4.33. The van der Waals surface area contributed by atoms with Crippen LogP contribution in [-0.4, -0.2) is 0 Å². The Morgan fingerprint density at radius 3 is 2.04 bits per heavy atom. The summed E-state index contributed by atoms with van der Waals surface area (Å²) in [7, 11) is 0. The third-order valence-electron chi connectivity index (χ3n) is 3.42. The van der Waals surface area contributed by atoms with Gasteiger partial charge in [0, 0.05) is 4.91 Å². The van der Waals surface area contributed by atoms with Crippen LogP contribution >= 0.6 is 47.0 Å². The van der Waals surface area contributed by atoms with Gasteiger partial charge in [-0.1, -0.05) is 71.3 Å². The molecule has 0 bridgehead atoms. The molecule has 0 aromatic heterocycles. The van der Waals surface area contributed by atoms with Crippen molar-refractivity contribution in [2.24, 2.45) is 0 Å². The van der Waals surface area contributed by atoms with Crippen molar-refractivity contribution in [3.05, 3.63) is 59.1 Å². The van der Waals surface area contributed by atoms with Crippen molar-refractivity contribution in [2.45, 2.75) is 19.8 Å². The Morgan fingerprint density at radius 1 is 0.870 bits per heavy atom. The van der Waals surface area contributed by atoms with Crippen LogP contribution in [0.4, 0.5) is 0 Å². The standard InChI is InChI=1S/C17H12N2S4/c1-10-11(2)22-17(21-10)16-20-9-15(23-16)13-5-3-12(4-6-13)14(7-18)8-19/h3-6,9,14H,1-2H3. The molecule has 6 heteroatoms. The number of rotatable bonds is 2. The Balaban J connectivity index is 1.74.